The number of aromatic nitrogens is 3. The fourth-order valence-corrected chi connectivity index (χ4v) is 3.97. The Kier molecular flexibility index (Phi) is 5.49. The number of thiophene rings is 1. The van der Waals surface area contributed by atoms with Gasteiger partial charge in [0.05, 0.1) is 15.5 Å². The minimum atomic E-state index is -0.412. The van der Waals surface area contributed by atoms with Crippen LogP contribution < -0.4 is 5.56 Å². The summed E-state index contributed by atoms with van der Waals surface area (Å²) in [6.45, 7) is -0.249. The van der Waals surface area contributed by atoms with Crippen molar-refractivity contribution in [1.29, 1.82) is 0 Å². The maximum Gasteiger partial charge on any atom is 0.317 e. The SMILES string of the molecule is O=C(CSCc1ccc(Cl)s1)OCn1nnc2ccccc2c1=O. The summed E-state index contributed by atoms with van der Waals surface area (Å²) in [4.78, 5) is 25.0. The van der Waals surface area contributed by atoms with Gasteiger partial charge < -0.3 is 4.74 Å². The summed E-state index contributed by atoms with van der Waals surface area (Å²) >= 11 is 8.75. The number of thioether (sulfide) groups is 1. The van der Waals surface area contributed by atoms with Crippen LogP contribution in [0.15, 0.2) is 41.2 Å². The van der Waals surface area contributed by atoms with Gasteiger partial charge in [-0.05, 0) is 24.3 Å². The summed E-state index contributed by atoms with van der Waals surface area (Å²) < 4.78 is 6.84. The van der Waals surface area contributed by atoms with Crippen LogP contribution >= 0.6 is 34.7 Å². The predicted octanol–water partition coefficient (Wildman–Crippen LogP) is 2.94. The molecule has 124 valence electrons. The number of halogens is 1. The summed E-state index contributed by atoms with van der Waals surface area (Å²) in [5.74, 6) is 0.456. The molecule has 0 saturated heterocycles. The van der Waals surface area contributed by atoms with Crippen molar-refractivity contribution in [2.24, 2.45) is 0 Å². The molecule has 24 heavy (non-hydrogen) atoms. The van der Waals surface area contributed by atoms with E-state index < -0.39 is 5.97 Å². The Hall–Kier alpha value is -1.90. The molecule has 0 aliphatic rings. The molecule has 0 spiro atoms. The molecule has 2 aromatic heterocycles. The molecule has 3 rings (SSSR count). The van der Waals surface area contributed by atoms with Crippen LogP contribution in [0.4, 0.5) is 0 Å². The average Bonchev–Trinajstić information content (AvgIpc) is 3.00. The molecule has 0 saturated carbocycles. The third-order valence-electron chi connectivity index (χ3n) is 3.07. The Morgan fingerprint density at radius 3 is 2.92 bits per heavy atom. The average molecular weight is 382 g/mol. The van der Waals surface area contributed by atoms with Crippen LogP contribution in [-0.2, 0) is 22.0 Å². The van der Waals surface area contributed by atoms with E-state index in [1.807, 2.05) is 12.1 Å². The molecule has 6 nitrogen and oxygen atoms in total. The number of esters is 1. The third-order valence-corrected chi connectivity index (χ3v) is 5.44. The zero-order valence-corrected chi connectivity index (χ0v) is 14.7. The van der Waals surface area contributed by atoms with Gasteiger partial charge in [-0.25, -0.2) is 0 Å². The van der Waals surface area contributed by atoms with Gasteiger partial charge in [0, 0.05) is 10.6 Å². The zero-order chi connectivity index (χ0) is 16.9. The van der Waals surface area contributed by atoms with Crippen molar-refractivity contribution in [3.8, 4) is 0 Å². The minimum absolute atomic E-state index is 0.186. The molecule has 0 amide bonds. The Labute approximate surface area is 150 Å². The normalized spacial score (nSPS) is 10.9. The van der Waals surface area contributed by atoms with E-state index in [9.17, 15) is 9.59 Å². The van der Waals surface area contributed by atoms with Crippen molar-refractivity contribution in [2.45, 2.75) is 12.5 Å². The number of rotatable bonds is 6. The molecule has 0 aliphatic heterocycles. The second kappa shape index (κ2) is 7.78. The molecule has 0 aliphatic carbocycles. The number of ether oxygens (including phenoxy) is 1. The van der Waals surface area contributed by atoms with E-state index in [0.717, 1.165) is 13.9 Å². The second-order valence-corrected chi connectivity index (χ2v) is 7.54. The fourth-order valence-electron chi connectivity index (χ4n) is 1.95. The number of nitrogens with zero attached hydrogens (tertiary/aromatic N) is 3. The lowest BCUT2D eigenvalue weighted by atomic mass is 10.2. The standard InChI is InChI=1S/C15H12ClN3O3S2/c16-13-6-5-10(24-13)7-23-8-14(20)22-9-19-15(21)11-3-1-2-4-12(11)17-18-19/h1-6H,7-9H2. The summed E-state index contributed by atoms with van der Waals surface area (Å²) in [7, 11) is 0. The summed E-state index contributed by atoms with van der Waals surface area (Å²) in [5, 5.41) is 8.13. The van der Waals surface area contributed by atoms with Gasteiger partial charge in [-0.2, -0.15) is 4.68 Å². The largest absolute Gasteiger partial charge is 0.442 e. The van der Waals surface area contributed by atoms with Crippen LogP contribution in [0.1, 0.15) is 4.88 Å². The van der Waals surface area contributed by atoms with Crippen molar-refractivity contribution in [3.63, 3.8) is 0 Å². The second-order valence-electron chi connectivity index (χ2n) is 4.76. The van der Waals surface area contributed by atoms with Gasteiger partial charge in [-0.15, -0.1) is 28.2 Å². The Balaban J connectivity index is 1.53. The fraction of sp³-hybridized carbons (Fsp3) is 0.200. The number of fused-ring (bicyclic) bond motifs is 1. The monoisotopic (exact) mass is 381 g/mol. The molecular weight excluding hydrogens is 370 g/mol. The van der Waals surface area contributed by atoms with E-state index in [-0.39, 0.29) is 18.0 Å². The Bertz CT molecular complexity index is 925. The predicted molar refractivity (Wildman–Crippen MR) is 95.4 cm³/mol. The van der Waals surface area contributed by atoms with Gasteiger partial charge in [0.1, 0.15) is 5.52 Å². The van der Waals surface area contributed by atoms with Crippen molar-refractivity contribution in [2.75, 3.05) is 5.75 Å². The summed E-state index contributed by atoms with van der Waals surface area (Å²) in [5.41, 5.74) is 0.171. The Morgan fingerprint density at radius 2 is 2.12 bits per heavy atom. The molecule has 9 heteroatoms. The summed E-state index contributed by atoms with van der Waals surface area (Å²) in [6, 6.07) is 10.6. The molecule has 0 N–H and O–H groups in total. The van der Waals surface area contributed by atoms with E-state index in [2.05, 4.69) is 10.3 Å². The smallest absolute Gasteiger partial charge is 0.317 e. The number of benzene rings is 1. The Morgan fingerprint density at radius 1 is 1.29 bits per heavy atom. The lowest BCUT2D eigenvalue weighted by molar-refractivity contribution is -0.144. The highest BCUT2D eigenvalue weighted by molar-refractivity contribution is 7.99. The molecular formula is C15H12ClN3O3S2. The molecule has 1 aromatic carbocycles. The van der Waals surface area contributed by atoms with E-state index in [0.29, 0.717) is 16.7 Å². The van der Waals surface area contributed by atoms with Gasteiger partial charge in [-0.1, -0.05) is 28.9 Å². The highest BCUT2D eigenvalue weighted by Crippen LogP contribution is 2.25. The van der Waals surface area contributed by atoms with E-state index >= 15 is 0 Å². The van der Waals surface area contributed by atoms with Crippen molar-refractivity contribution in [1.82, 2.24) is 15.0 Å². The highest BCUT2D eigenvalue weighted by atomic mass is 35.5. The molecule has 0 radical (unpaired) electrons. The van der Waals surface area contributed by atoms with E-state index in [1.165, 1.54) is 23.1 Å². The van der Waals surface area contributed by atoms with Gasteiger partial charge in [0.25, 0.3) is 5.56 Å². The van der Waals surface area contributed by atoms with Gasteiger partial charge in [0.2, 0.25) is 0 Å². The third kappa shape index (κ3) is 4.14. The first-order valence-electron chi connectivity index (χ1n) is 6.93. The van der Waals surface area contributed by atoms with Gasteiger partial charge in [-0.3, -0.25) is 9.59 Å². The maximum absolute atomic E-state index is 12.2. The number of carbonyl (C=O) groups excluding carboxylic acids is 1. The molecule has 0 unspecified atom stereocenters. The quantitative estimate of drug-likeness (QED) is 0.611. The minimum Gasteiger partial charge on any atom is -0.442 e. The van der Waals surface area contributed by atoms with Crippen molar-refractivity contribution >= 4 is 51.6 Å². The number of carbonyl (C=O) groups is 1. The van der Waals surface area contributed by atoms with E-state index in [1.54, 1.807) is 24.3 Å². The first-order chi connectivity index (χ1) is 11.6. The van der Waals surface area contributed by atoms with Gasteiger partial charge >= 0.3 is 5.97 Å². The van der Waals surface area contributed by atoms with Crippen LogP contribution in [-0.4, -0.2) is 26.7 Å². The van der Waals surface area contributed by atoms with Crippen LogP contribution in [0.25, 0.3) is 10.9 Å². The van der Waals surface area contributed by atoms with E-state index in [4.69, 9.17) is 16.3 Å². The maximum atomic E-state index is 12.2. The van der Waals surface area contributed by atoms with Crippen molar-refractivity contribution in [3.05, 3.63) is 56.0 Å². The van der Waals surface area contributed by atoms with Crippen molar-refractivity contribution < 1.29 is 9.53 Å². The molecule has 0 fully saturated rings. The first-order valence-corrected chi connectivity index (χ1v) is 9.28. The zero-order valence-electron chi connectivity index (χ0n) is 12.3. The van der Waals surface area contributed by atoms with Gasteiger partial charge in [0.15, 0.2) is 6.73 Å². The summed E-state index contributed by atoms with van der Waals surface area (Å²) in [6.07, 6.45) is 0. The topological polar surface area (TPSA) is 74.1 Å². The number of hydrogen-bond donors (Lipinski definition) is 0. The first kappa shape index (κ1) is 16.9. The van der Waals surface area contributed by atoms with Crippen LogP contribution in [0.3, 0.4) is 0 Å². The van der Waals surface area contributed by atoms with Crippen LogP contribution in [0.5, 0.6) is 0 Å². The lowest BCUT2D eigenvalue weighted by Crippen LogP contribution is -2.26. The van der Waals surface area contributed by atoms with Crippen LogP contribution in [0, 0.1) is 0 Å². The lowest BCUT2D eigenvalue weighted by Gasteiger charge is -2.06. The molecule has 3 aromatic rings. The molecule has 0 atom stereocenters. The highest BCUT2D eigenvalue weighted by Gasteiger charge is 2.08. The molecule has 2 heterocycles. The van der Waals surface area contributed by atoms with Crippen LogP contribution in [0.2, 0.25) is 4.34 Å². The molecule has 0 bridgehead atoms. The number of hydrogen-bond acceptors (Lipinski definition) is 7.